The molecule has 0 saturated heterocycles. The van der Waals surface area contributed by atoms with E-state index in [2.05, 4.69) is 45.0 Å². The number of benzene rings is 1. The van der Waals surface area contributed by atoms with Gasteiger partial charge in [-0.3, -0.25) is 14.3 Å². The van der Waals surface area contributed by atoms with Crippen LogP contribution >= 0.6 is 15.9 Å². The van der Waals surface area contributed by atoms with Crippen LogP contribution in [0.4, 0.5) is 0 Å². The van der Waals surface area contributed by atoms with Crippen LogP contribution in [-0.2, 0) is 20.0 Å². The highest BCUT2D eigenvalue weighted by atomic mass is 79.9. The van der Waals surface area contributed by atoms with E-state index in [0.717, 1.165) is 12.0 Å². The topological polar surface area (TPSA) is 72.7 Å². The molecule has 0 aliphatic rings. The summed E-state index contributed by atoms with van der Waals surface area (Å²) < 4.78 is 3.61. The fraction of sp³-hybridized carbons (Fsp3) is 0.353. The smallest absolute Gasteiger partial charge is 0.308 e. The van der Waals surface area contributed by atoms with E-state index in [4.69, 9.17) is 0 Å². The molecule has 1 aromatic carbocycles. The minimum atomic E-state index is -0.470. The maximum absolute atomic E-state index is 12.1. The lowest BCUT2D eigenvalue weighted by atomic mass is 10.1. The summed E-state index contributed by atoms with van der Waals surface area (Å²) in [5.74, 6) is 0. The van der Waals surface area contributed by atoms with Crippen molar-refractivity contribution < 1.29 is 0 Å². The second kappa shape index (κ2) is 7.61. The van der Waals surface area contributed by atoms with Gasteiger partial charge in [0.25, 0.3) is 5.56 Å². The third-order valence-electron chi connectivity index (χ3n) is 3.73. The third-order valence-corrected chi connectivity index (χ3v) is 4.34. The Balaban J connectivity index is 0.00000100. The Morgan fingerprint density at radius 3 is 2.29 bits per heavy atom. The molecule has 0 radical (unpaired) electrons. The van der Waals surface area contributed by atoms with Crippen molar-refractivity contribution in [3.05, 3.63) is 61.0 Å². The highest BCUT2D eigenvalue weighted by Gasteiger charge is 2.15. The van der Waals surface area contributed by atoms with Gasteiger partial charge in [0.1, 0.15) is 0 Å². The molecule has 0 atom stereocenters. The lowest BCUT2D eigenvalue weighted by molar-refractivity contribution is 0.790. The van der Waals surface area contributed by atoms with Crippen LogP contribution in [-0.4, -0.2) is 19.1 Å². The summed E-state index contributed by atoms with van der Waals surface area (Å²) in [6.07, 6.45) is 0.986. The fourth-order valence-electron chi connectivity index (χ4n) is 2.42. The number of halogens is 1. The predicted octanol–water partition coefficient (Wildman–Crippen LogP) is 2.82. The zero-order valence-electron chi connectivity index (χ0n) is 14.3. The number of rotatable bonds is 3. The minimum Gasteiger partial charge on any atom is -0.308 e. The normalized spacial score (nSPS) is 10.5. The molecule has 2 aromatic heterocycles. The molecule has 0 aliphatic carbocycles. The summed E-state index contributed by atoms with van der Waals surface area (Å²) >= 11 is 3.37. The Hall–Kier alpha value is -2.15. The molecule has 3 rings (SSSR count). The SMILES string of the molecule is CC.CCc1ccc(Cn2c(Br)nc3c2c(=O)[nH]c(=O)n3C)cc1. The fourth-order valence-corrected chi connectivity index (χ4v) is 2.89. The summed E-state index contributed by atoms with van der Waals surface area (Å²) in [7, 11) is 1.58. The largest absolute Gasteiger partial charge is 0.329 e. The second-order valence-corrected chi connectivity index (χ2v) is 5.84. The van der Waals surface area contributed by atoms with Gasteiger partial charge in [-0.2, -0.15) is 0 Å². The lowest BCUT2D eigenvalue weighted by Gasteiger charge is -2.07. The molecule has 3 aromatic rings. The molecule has 0 fully saturated rings. The number of nitrogens with one attached hydrogen (secondary N) is 1. The molecule has 7 heteroatoms. The first-order chi connectivity index (χ1) is 11.5. The molecule has 6 nitrogen and oxygen atoms in total. The van der Waals surface area contributed by atoms with Crippen molar-refractivity contribution >= 4 is 27.1 Å². The van der Waals surface area contributed by atoms with Gasteiger partial charge in [0, 0.05) is 7.05 Å². The zero-order valence-corrected chi connectivity index (χ0v) is 15.8. The van der Waals surface area contributed by atoms with E-state index in [1.165, 1.54) is 10.1 Å². The van der Waals surface area contributed by atoms with E-state index < -0.39 is 11.2 Å². The van der Waals surface area contributed by atoms with Gasteiger partial charge in [0.05, 0.1) is 6.54 Å². The number of hydrogen-bond acceptors (Lipinski definition) is 3. The van der Waals surface area contributed by atoms with Crippen LogP contribution in [0.3, 0.4) is 0 Å². The van der Waals surface area contributed by atoms with Crippen molar-refractivity contribution in [2.45, 2.75) is 33.7 Å². The molecule has 0 aliphatic heterocycles. The van der Waals surface area contributed by atoms with E-state index in [0.29, 0.717) is 22.4 Å². The van der Waals surface area contributed by atoms with Gasteiger partial charge in [0.15, 0.2) is 15.9 Å². The minimum absolute atomic E-state index is 0.366. The van der Waals surface area contributed by atoms with Crippen LogP contribution in [0.1, 0.15) is 31.9 Å². The average Bonchev–Trinajstić information content (AvgIpc) is 2.92. The van der Waals surface area contributed by atoms with Crippen LogP contribution in [0.15, 0.2) is 38.6 Å². The highest BCUT2D eigenvalue weighted by molar-refractivity contribution is 9.10. The van der Waals surface area contributed by atoms with E-state index in [1.54, 1.807) is 11.6 Å². The first kappa shape index (κ1) is 18.2. The van der Waals surface area contributed by atoms with Crippen LogP contribution in [0.5, 0.6) is 0 Å². The third kappa shape index (κ3) is 3.36. The van der Waals surface area contributed by atoms with Crippen LogP contribution in [0.2, 0.25) is 0 Å². The number of hydrogen-bond donors (Lipinski definition) is 1. The van der Waals surface area contributed by atoms with E-state index in [9.17, 15) is 9.59 Å². The second-order valence-electron chi connectivity index (χ2n) is 5.13. The molecule has 1 N–H and O–H groups in total. The van der Waals surface area contributed by atoms with Gasteiger partial charge in [-0.05, 0) is 33.5 Å². The molecule has 0 bridgehead atoms. The lowest BCUT2D eigenvalue weighted by Crippen LogP contribution is -2.29. The Kier molecular flexibility index (Phi) is 5.77. The zero-order chi connectivity index (χ0) is 17.9. The number of nitrogens with zero attached hydrogens (tertiary/aromatic N) is 3. The van der Waals surface area contributed by atoms with Gasteiger partial charge in [-0.1, -0.05) is 45.0 Å². The number of aromatic nitrogens is 4. The molecule has 0 unspecified atom stereocenters. The first-order valence-electron chi connectivity index (χ1n) is 7.94. The molecule has 0 amide bonds. The van der Waals surface area contributed by atoms with Gasteiger partial charge < -0.3 is 4.57 Å². The molecular weight excluding hydrogens is 372 g/mol. The van der Waals surface area contributed by atoms with Crippen LogP contribution < -0.4 is 11.2 Å². The summed E-state index contributed by atoms with van der Waals surface area (Å²) in [5.41, 5.74) is 2.17. The molecule has 0 spiro atoms. The molecule has 0 saturated carbocycles. The summed E-state index contributed by atoms with van der Waals surface area (Å²) in [6.45, 7) is 6.61. The Morgan fingerprint density at radius 2 is 1.71 bits per heavy atom. The quantitative estimate of drug-likeness (QED) is 0.696. The van der Waals surface area contributed by atoms with Gasteiger partial charge in [-0.25, -0.2) is 9.78 Å². The monoisotopic (exact) mass is 392 g/mol. The summed E-state index contributed by atoms with van der Waals surface area (Å²) in [5, 5.41) is 0. The van der Waals surface area contributed by atoms with Crippen LogP contribution in [0.25, 0.3) is 11.2 Å². The van der Waals surface area contributed by atoms with Crippen LogP contribution in [0, 0.1) is 0 Å². The van der Waals surface area contributed by atoms with Crippen molar-refractivity contribution in [3.63, 3.8) is 0 Å². The standard InChI is InChI=1S/C15H15BrN4O2.C2H6/c1-3-9-4-6-10(7-5-9)8-20-11-12(17-14(20)16)19(2)15(22)18-13(11)21;1-2/h4-7H,3,8H2,1-2H3,(H,18,21,22);1-2H3. The molecule has 24 heavy (non-hydrogen) atoms. The average molecular weight is 393 g/mol. The Labute approximate surface area is 148 Å². The molecular formula is C17H21BrN4O2. The molecule has 2 heterocycles. The maximum atomic E-state index is 12.1. The highest BCUT2D eigenvalue weighted by Crippen LogP contribution is 2.18. The Bertz CT molecular complexity index is 952. The Morgan fingerprint density at radius 1 is 1.12 bits per heavy atom. The number of H-pyrrole nitrogens is 1. The first-order valence-corrected chi connectivity index (χ1v) is 8.73. The van der Waals surface area contributed by atoms with E-state index >= 15 is 0 Å². The number of fused-ring (bicyclic) bond motifs is 1. The van der Waals surface area contributed by atoms with Crippen molar-refractivity contribution in [2.75, 3.05) is 0 Å². The maximum Gasteiger partial charge on any atom is 0.329 e. The number of aromatic amines is 1. The van der Waals surface area contributed by atoms with Gasteiger partial charge in [0.2, 0.25) is 0 Å². The number of aryl methyl sites for hydroxylation is 2. The number of imidazole rings is 1. The van der Waals surface area contributed by atoms with Crippen molar-refractivity contribution in [3.8, 4) is 0 Å². The van der Waals surface area contributed by atoms with Crippen molar-refractivity contribution in [1.29, 1.82) is 0 Å². The molecule has 128 valence electrons. The predicted molar refractivity (Wildman–Crippen MR) is 99.6 cm³/mol. The van der Waals surface area contributed by atoms with Crippen molar-refractivity contribution in [2.24, 2.45) is 7.05 Å². The van der Waals surface area contributed by atoms with Gasteiger partial charge >= 0.3 is 5.69 Å². The van der Waals surface area contributed by atoms with E-state index in [-0.39, 0.29) is 0 Å². The summed E-state index contributed by atoms with van der Waals surface area (Å²) in [6, 6.07) is 8.21. The summed E-state index contributed by atoms with van der Waals surface area (Å²) in [4.78, 5) is 30.4. The van der Waals surface area contributed by atoms with E-state index in [1.807, 2.05) is 26.0 Å². The van der Waals surface area contributed by atoms with Crippen molar-refractivity contribution in [1.82, 2.24) is 19.1 Å². The van der Waals surface area contributed by atoms with Gasteiger partial charge in [-0.15, -0.1) is 0 Å².